The molecule has 9 nitrogen and oxygen atoms in total. The SMILES string of the molecule is C=Cc1ccc(COC(=O)CCC(=O)OC2C3CC4C2OC(=O)C4([N+](=O)[O-])C3)cc1. The van der Waals surface area contributed by atoms with E-state index in [1.54, 1.807) is 6.08 Å². The Labute approximate surface area is 172 Å². The highest BCUT2D eigenvalue weighted by Crippen LogP contribution is 2.59. The number of esters is 3. The van der Waals surface area contributed by atoms with Crippen molar-refractivity contribution in [1.82, 2.24) is 0 Å². The van der Waals surface area contributed by atoms with Crippen molar-refractivity contribution in [2.24, 2.45) is 11.8 Å². The van der Waals surface area contributed by atoms with Gasteiger partial charge in [-0.15, -0.1) is 0 Å². The zero-order chi connectivity index (χ0) is 21.5. The summed E-state index contributed by atoms with van der Waals surface area (Å²) in [6.07, 6.45) is 0.350. The molecular formula is C21H21NO8. The van der Waals surface area contributed by atoms with Gasteiger partial charge in [0.25, 0.3) is 0 Å². The average Bonchev–Trinajstić information content (AvgIpc) is 3.34. The molecule has 2 saturated carbocycles. The minimum absolute atomic E-state index is 0.0185. The summed E-state index contributed by atoms with van der Waals surface area (Å²) in [6.45, 7) is 3.76. The first-order valence-corrected chi connectivity index (χ1v) is 9.77. The summed E-state index contributed by atoms with van der Waals surface area (Å²) in [4.78, 5) is 47.0. The largest absolute Gasteiger partial charge is 0.461 e. The third-order valence-electron chi connectivity index (χ3n) is 6.27. The van der Waals surface area contributed by atoms with Crippen LogP contribution in [0.5, 0.6) is 0 Å². The van der Waals surface area contributed by atoms with Crippen LogP contribution in [0.2, 0.25) is 0 Å². The molecule has 0 aromatic heterocycles. The van der Waals surface area contributed by atoms with Crippen LogP contribution in [0.25, 0.3) is 6.08 Å². The summed E-state index contributed by atoms with van der Waals surface area (Å²) in [5.41, 5.74) is 0.0824. The summed E-state index contributed by atoms with van der Waals surface area (Å²) in [5.74, 6) is -2.85. The van der Waals surface area contributed by atoms with Crippen molar-refractivity contribution in [1.29, 1.82) is 0 Å². The second kappa shape index (κ2) is 7.55. The van der Waals surface area contributed by atoms with Gasteiger partial charge in [0.1, 0.15) is 18.8 Å². The third kappa shape index (κ3) is 3.24. The van der Waals surface area contributed by atoms with Gasteiger partial charge in [-0.25, -0.2) is 4.79 Å². The molecule has 1 heterocycles. The van der Waals surface area contributed by atoms with E-state index in [2.05, 4.69) is 6.58 Å². The molecule has 1 aromatic rings. The Morgan fingerprint density at radius 3 is 2.63 bits per heavy atom. The maximum Gasteiger partial charge on any atom is 0.385 e. The highest BCUT2D eigenvalue weighted by molar-refractivity contribution is 5.84. The Hall–Kier alpha value is -3.23. The lowest BCUT2D eigenvalue weighted by Gasteiger charge is -2.26. The molecule has 0 spiro atoms. The monoisotopic (exact) mass is 415 g/mol. The second-order valence-electron chi connectivity index (χ2n) is 7.92. The molecule has 2 aliphatic carbocycles. The summed E-state index contributed by atoms with van der Waals surface area (Å²) < 4.78 is 15.8. The minimum atomic E-state index is -1.69. The first-order valence-electron chi connectivity index (χ1n) is 9.77. The van der Waals surface area contributed by atoms with Crippen LogP contribution in [-0.2, 0) is 35.2 Å². The second-order valence-corrected chi connectivity index (χ2v) is 7.92. The van der Waals surface area contributed by atoms with Crippen molar-refractivity contribution in [2.75, 3.05) is 0 Å². The predicted molar refractivity (Wildman–Crippen MR) is 101 cm³/mol. The van der Waals surface area contributed by atoms with E-state index < -0.39 is 46.5 Å². The summed E-state index contributed by atoms with van der Waals surface area (Å²) >= 11 is 0. The van der Waals surface area contributed by atoms with Crippen LogP contribution in [0.15, 0.2) is 30.8 Å². The van der Waals surface area contributed by atoms with Gasteiger partial charge in [-0.2, -0.15) is 0 Å². The van der Waals surface area contributed by atoms with Crippen LogP contribution in [0, 0.1) is 22.0 Å². The van der Waals surface area contributed by atoms with Crippen LogP contribution in [0.4, 0.5) is 0 Å². The van der Waals surface area contributed by atoms with E-state index >= 15 is 0 Å². The molecule has 5 atom stereocenters. The topological polar surface area (TPSA) is 122 Å². The number of hydrogen-bond acceptors (Lipinski definition) is 8. The summed E-state index contributed by atoms with van der Waals surface area (Å²) in [5, 5.41) is 11.4. The van der Waals surface area contributed by atoms with Crippen molar-refractivity contribution in [3.8, 4) is 0 Å². The van der Waals surface area contributed by atoms with Crippen molar-refractivity contribution in [3.05, 3.63) is 52.1 Å². The molecule has 158 valence electrons. The number of fused-ring (bicyclic) bond motifs is 1. The molecule has 0 amide bonds. The van der Waals surface area contributed by atoms with Gasteiger partial charge in [-0.3, -0.25) is 19.7 Å². The van der Waals surface area contributed by atoms with Crippen LogP contribution < -0.4 is 0 Å². The number of carbonyl (C=O) groups is 3. The predicted octanol–water partition coefficient (Wildman–Crippen LogP) is 2.05. The lowest BCUT2D eigenvalue weighted by atomic mass is 9.81. The molecule has 30 heavy (non-hydrogen) atoms. The molecule has 9 heteroatoms. The summed E-state index contributed by atoms with van der Waals surface area (Å²) in [6, 6.07) is 7.35. The Kier molecular flexibility index (Phi) is 5.05. The molecule has 2 bridgehead atoms. The summed E-state index contributed by atoms with van der Waals surface area (Å²) in [7, 11) is 0. The van der Waals surface area contributed by atoms with Gasteiger partial charge in [-0.1, -0.05) is 36.9 Å². The van der Waals surface area contributed by atoms with E-state index in [0.29, 0.717) is 6.42 Å². The van der Waals surface area contributed by atoms with Gasteiger partial charge in [0, 0.05) is 17.3 Å². The third-order valence-corrected chi connectivity index (χ3v) is 6.27. The highest BCUT2D eigenvalue weighted by atomic mass is 16.7. The number of rotatable bonds is 8. The van der Waals surface area contributed by atoms with Crippen molar-refractivity contribution >= 4 is 24.0 Å². The van der Waals surface area contributed by atoms with Crippen LogP contribution >= 0.6 is 0 Å². The van der Waals surface area contributed by atoms with Gasteiger partial charge in [0.15, 0.2) is 0 Å². The molecule has 1 aromatic carbocycles. The maximum absolute atomic E-state index is 12.2. The fourth-order valence-electron chi connectivity index (χ4n) is 4.77. The molecule has 0 N–H and O–H groups in total. The van der Waals surface area contributed by atoms with Crippen LogP contribution in [0.3, 0.4) is 0 Å². The van der Waals surface area contributed by atoms with Gasteiger partial charge in [0.05, 0.1) is 18.8 Å². The lowest BCUT2D eigenvalue weighted by molar-refractivity contribution is -0.559. The molecule has 4 rings (SSSR count). The van der Waals surface area contributed by atoms with E-state index in [-0.39, 0.29) is 31.8 Å². The lowest BCUT2D eigenvalue weighted by Crippen LogP contribution is -2.50. The van der Waals surface area contributed by atoms with E-state index in [4.69, 9.17) is 14.2 Å². The number of benzene rings is 1. The Bertz CT molecular complexity index is 910. The minimum Gasteiger partial charge on any atom is -0.461 e. The Morgan fingerprint density at radius 2 is 1.97 bits per heavy atom. The maximum atomic E-state index is 12.2. The normalized spacial score (nSPS) is 30.6. The standard InChI is InChI=1S/C21H21NO8/c1-2-12-3-5-13(6-4-12)11-28-16(23)7-8-17(24)29-18-14-9-15-19(18)30-20(25)21(15,10-14)22(26)27/h2-6,14-15,18-19H,1,7-11H2. The van der Waals surface area contributed by atoms with E-state index in [9.17, 15) is 24.5 Å². The number of carbonyl (C=O) groups excluding carboxylic acids is 3. The number of nitro groups is 1. The first kappa shape index (κ1) is 20.1. The van der Waals surface area contributed by atoms with Crippen molar-refractivity contribution in [2.45, 2.75) is 50.0 Å². The molecule has 1 aliphatic heterocycles. The zero-order valence-electron chi connectivity index (χ0n) is 16.2. The Morgan fingerprint density at radius 1 is 1.27 bits per heavy atom. The first-order chi connectivity index (χ1) is 14.3. The molecule has 0 radical (unpaired) electrons. The van der Waals surface area contributed by atoms with E-state index in [1.165, 1.54) is 0 Å². The fraction of sp³-hybridized carbons (Fsp3) is 0.476. The zero-order valence-corrected chi connectivity index (χ0v) is 16.2. The number of nitrogens with zero attached hydrogens (tertiary/aromatic N) is 1. The van der Waals surface area contributed by atoms with Gasteiger partial charge in [-0.05, 0) is 17.5 Å². The van der Waals surface area contributed by atoms with Crippen molar-refractivity contribution < 1.29 is 33.5 Å². The molecule has 5 unspecified atom stereocenters. The molecular weight excluding hydrogens is 394 g/mol. The molecule has 3 fully saturated rings. The molecule has 1 saturated heterocycles. The van der Waals surface area contributed by atoms with E-state index in [0.717, 1.165) is 11.1 Å². The highest BCUT2D eigenvalue weighted by Gasteiger charge is 2.79. The number of ether oxygens (including phenoxy) is 3. The van der Waals surface area contributed by atoms with Gasteiger partial charge >= 0.3 is 23.4 Å². The van der Waals surface area contributed by atoms with Gasteiger partial charge in [0.2, 0.25) is 0 Å². The van der Waals surface area contributed by atoms with E-state index in [1.807, 2.05) is 24.3 Å². The Balaban J connectivity index is 1.24. The number of hydrogen-bond donors (Lipinski definition) is 0. The quantitative estimate of drug-likeness (QED) is 0.274. The van der Waals surface area contributed by atoms with Gasteiger partial charge < -0.3 is 14.2 Å². The van der Waals surface area contributed by atoms with Crippen molar-refractivity contribution in [3.63, 3.8) is 0 Å². The van der Waals surface area contributed by atoms with Crippen LogP contribution in [0.1, 0.15) is 36.8 Å². The smallest absolute Gasteiger partial charge is 0.385 e. The molecule has 3 aliphatic rings. The van der Waals surface area contributed by atoms with Crippen LogP contribution in [-0.4, -0.2) is 40.6 Å². The fourth-order valence-corrected chi connectivity index (χ4v) is 4.77. The average molecular weight is 415 g/mol.